The van der Waals surface area contributed by atoms with Crippen molar-refractivity contribution in [1.82, 2.24) is 0 Å². The van der Waals surface area contributed by atoms with E-state index in [0.717, 1.165) is 18.5 Å². The summed E-state index contributed by atoms with van der Waals surface area (Å²) in [5.74, 6) is -0.493. The molecule has 0 fully saturated rings. The second-order valence-corrected chi connectivity index (χ2v) is 5.52. The van der Waals surface area contributed by atoms with Gasteiger partial charge in [0.1, 0.15) is 0 Å². The molecule has 1 aliphatic heterocycles. The lowest BCUT2D eigenvalue weighted by Gasteiger charge is -2.37. The first kappa shape index (κ1) is 13.5. The molecule has 0 spiro atoms. The van der Waals surface area contributed by atoms with Gasteiger partial charge in [-0.3, -0.25) is 4.79 Å². The molecule has 1 aliphatic rings. The molecule has 0 bridgehead atoms. The lowest BCUT2D eigenvalue weighted by atomic mass is 9.95. The highest BCUT2D eigenvalue weighted by Crippen LogP contribution is 2.37. The van der Waals surface area contributed by atoms with Crippen molar-refractivity contribution in [3.8, 4) is 0 Å². The quantitative estimate of drug-likeness (QED) is 0.831. The van der Waals surface area contributed by atoms with Crippen LogP contribution in [0.1, 0.15) is 29.3 Å². The van der Waals surface area contributed by atoms with Crippen molar-refractivity contribution in [3.05, 3.63) is 53.6 Å². The zero-order valence-corrected chi connectivity index (χ0v) is 12.0. The minimum atomic E-state index is -0.493. The lowest BCUT2D eigenvalue weighted by molar-refractivity contribution is 0.100. The molecule has 3 rings (SSSR count). The van der Waals surface area contributed by atoms with Gasteiger partial charge < -0.3 is 16.4 Å². The van der Waals surface area contributed by atoms with Crippen LogP contribution in [0.15, 0.2) is 42.5 Å². The van der Waals surface area contributed by atoms with Gasteiger partial charge in [0, 0.05) is 23.1 Å². The number of para-hydroxylation sites is 1. The number of hydrogen-bond acceptors (Lipinski definition) is 3. The average molecular weight is 281 g/mol. The number of nitrogen functional groups attached to an aromatic ring is 1. The number of primary amides is 1. The molecule has 1 atom stereocenters. The van der Waals surface area contributed by atoms with Gasteiger partial charge in [0.2, 0.25) is 0 Å². The predicted molar refractivity (Wildman–Crippen MR) is 85.7 cm³/mol. The zero-order chi connectivity index (χ0) is 15.0. The molecule has 1 heterocycles. The van der Waals surface area contributed by atoms with Crippen LogP contribution in [0.4, 0.5) is 17.1 Å². The van der Waals surface area contributed by atoms with Gasteiger partial charge in [-0.2, -0.15) is 0 Å². The summed E-state index contributed by atoms with van der Waals surface area (Å²) in [7, 11) is 0. The van der Waals surface area contributed by atoms with E-state index < -0.39 is 5.91 Å². The summed E-state index contributed by atoms with van der Waals surface area (Å²) < 4.78 is 0. The Labute approximate surface area is 124 Å². The number of amides is 1. The van der Waals surface area contributed by atoms with E-state index in [1.807, 2.05) is 12.1 Å². The van der Waals surface area contributed by atoms with Crippen molar-refractivity contribution in [2.45, 2.75) is 25.8 Å². The Hall–Kier alpha value is -2.49. The van der Waals surface area contributed by atoms with Crippen molar-refractivity contribution in [2.75, 3.05) is 10.6 Å². The van der Waals surface area contributed by atoms with Crippen LogP contribution in [0.5, 0.6) is 0 Å². The highest BCUT2D eigenvalue weighted by Gasteiger charge is 2.24. The first-order valence-corrected chi connectivity index (χ1v) is 7.14. The Morgan fingerprint density at radius 1 is 1.24 bits per heavy atom. The molecule has 21 heavy (non-hydrogen) atoms. The number of hydrogen-bond donors (Lipinski definition) is 2. The van der Waals surface area contributed by atoms with Crippen LogP contribution in [0, 0.1) is 0 Å². The summed E-state index contributed by atoms with van der Waals surface area (Å²) in [5, 5.41) is 0. The van der Waals surface area contributed by atoms with E-state index in [1.54, 1.807) is 12.1 Å². The molecule has 0 aliphatic carbocycles. The molecule has 0 aromatic heterocycles. The molecule has 4 heteroatoms. The van der Waals surface area contributed by atoms with Crippen LogP contribution in [0.3, 0.4) is 0 Å². The molecule has 1 unspecified atom stereocenters. The summed E-state index contributed by atoms with van der Waals surface area (Å²) in [5.41, 5.74) is 15.5. The van der Waals surface area contributed by atoms with Crippen LogP contribution in [0.25, 0.3) is 0 Å². The smallest absolute Gasteiger partial charge is 0.250 e. The van der Waals surface area contributed by atoms with Crippen LogP contribution in [-0.2, 0) is 6.42 Å². The molecule has 2 aromatic rings. The average Bonchev–Trinajstić information content (AvgIpc) is 2.48. The van der Waals surface area contributed by atoms with Gasteiger partial charge in [-0.1, -0.05) is 18.2 Å². The Morgan fingerprint density at radius 3 is 2.76 bits per heavy atom. The molecule has 108 valence electrons. The number of rotatable bonds is 2. The largest absolute Gasteiger partial charge is 0.398 e. The van der Waals surface area contributed by atoms with Gasteiger partial charge in [-0.15, -0.1) is 0 Å². The highest BCUT2D eigenvalue weighted by molar-refractivity contribution is 5.99. The Balaban J connectivity index is 2.12. The summed E-state index contributed by atoms with van der Waals surface area (Å²) >= 11 is 0. The Bertz CT molecular complexity index is 696. The van der Waals surface area contributed by atoms with Gasteiger partial charge >= 0.3 is 0 Å². The number of anilines is 3. The fraction of sp³-hybridized carbons (Fsp3) is 0.235. The summed E-state index contributed by atoms with van der Waals surface area (Å²) in [6.07, 6.45) is 2.15. The predicted octanol–water partition coefficient (Wildman–Crippen LogP) is 2.84. The molecule has 0 radical (unpaired) electrons. The summed E-state index contributed by atoms with van der Waals surface area (Å²) in [6.45, 7) is 2.19. The highest BCUT2D eigenvalue weighted by atomic mass is 16.1. The molecular weight excluding hydrogens is 262 g/mol. The molecule has 1 amide bonds. The minimum Gasteiger partial charge on any atom is -0.398 e. The first-order chi connectivity index (χ1) is 10.1. The van der Waals surface area contributed by atoms with E-state index in [0.29, 0.717) is 17.3 Å². The molecule has 4 nitrogen and oxygen atoms in total. The number of nitrogens with two attached hydrogens (primary N) is 2. The van der Waals surface area contributed by atoms with E-state index in [9.17, 15) is 4.79 Å². The third kappa shape index (κ3) is 2.33. The van der Waals surface area contributed by atoms with Crippen LogP contribution in [0.2, 0.25) is 0 Å². The molecule has 2 aromatic carbocycles. The van der Waals surface area contributed by atoms with Gasteiger partial charge in [0.05, 0.1) is 5.56 Å². The maximum atomic E-state index is 11.5. The fourth-order valence-electron chi connectivity index (χ4n) is 2.99. The van der Waals surface area contributed by atoms with Gasteiger partial charge in [-0.25, -0.2) is 0 Å². The second kappa shape index (κ2) is 5.13. The summed E-state index contributed by atoms with van der Waals surface area (Å²) in [4.78, 5) is 13.8. The number of aryl methyl sites for hydroxylation is 1. The van der Waals surface area contributed by atoms with Crippen molar-refractivity contribution in [2.24, 2.45) is 5.73 Å². The van der Waals surface area contributed by atoms with Crippen molar-refractivity contribution in [1.29, 1.82) is 0 Å². The Kier molecular flexibility index (Phi) is 3.29. The standard InChI is InChI=1S/C17H19N3O/c1-11-6-7-12-4-2-3-5-16(12)20(11)13-8-9-15(18)14(10-13)17(19)21/h2-5,8-11H,6-7,18H2,1H3,(H2,19,21). The van der Waals surface area contributed by atoms with Gasteiger partial charge in [-0.05, 0) is 49.6 Å². The SMILES string of the molecule is CC1CCc2ccccc2N1c1ccc(N)c(C(N)=O)c1. The van der Waals surface area contributed by atoms with E-state index in [2.05, 4.69) is 30.0 Å². The van der Waals surface area contributed by atoms with Crippen molar-refractivity contribution < 1.29 is 4.79 Å². The number of carbonyl (C=O) groups excluding carboxylic acids is 1. The van der Waals surface area contributed by atoms with Crippen LogP contribution < -0.4 is 16.4 Å². The van der Waals surface area contributed by atoms with Crippen LogP contribution >= 0.6 is 0 Å². The normalized spacial score (nSPS) is 17.4. The number of benzene rings is 2. The maximum absolute atomic E-state index is 11.5. The van der Waals surface area contributed by atoms with Crippen molar-refractivity contribution >= 4 is 23.0 Å². The molecule has 4 N–H and O–H groups in total. The molecule has 0 saturated heterocycles. The van der Waals surface area contributed by atoms with Gasteiger partial charge in [0.15, 0.2) is 0 Å². The zero-order valence-electron chi connectivity index (χ0n) is 12.0. The maximum Gasteiger partial charge on any atom is 0.250 e. The van der Waals surface area contributed by atoms with E-state index in [1.165, 1.54) is 11.3 Å². The molecular formula is C17H19N3O. The van der Waals surface area contributed by atoms with E-state index in [-0.39, 0.29) is 0 Å². The topological polar surface area (TPSA) is 72.3 Å². The summed E-state index contributed by atoms with van der Waals surface area (Å²) in [6, 6.07) is 14.2. The lowest BCUT2D eigenvalue weighted by Crippen LogP contribution is -2.33. The van der Waals surface area contributed by atoms with Gasteiger partial charge in [0.25, 0.3) is 5.91 Å². The fourth-order valence-corrected chi connectivity index (χ4v) is 2.99. The monoisotopic (exact) mass is 281 g/mol. The van der Waals surface area contributed by atoms with Crippen LogP contribution in [-0.4, -0.2) is 11.9 Å². The molecule has 0 saturated carbocycles. The Morgan fingerprint density at radius 2 is 2.00 bits per heavy atom. The minimum absolute atomic E-state index is 0.365. The number of fused-ring (bicyclic) bond motifs is 1. The number of carbonyl (C=O) groups is 1. The third-order valence-corrected chi connectivity index (χ3v) is 4.10. The third-order valence-electron chi connectivity index (χ3n) is 4.10. The van der Waals surface area contributed by atoms with E-state index >= 15 is 0 Å². The second-order valence-electron chi connectivity index (χ2n) is 5.52. The van der Waals surface area contributed by atoms with Crippen molar-refractivity contribution in [3.63, 3.8) is 0 Å². The first-order valence-electron chi connectivity index (χ1n) is 7.14. The van der Waals surface area contributed by atoms with E-state index in [4.69, 9.17) is 11.5 Å². The number of nitrogens with zero attached hydrogens (tertiary/aromatic N) is 1.